The molecule has 0 unspecified atom stereocenters. The molecule has 0 amide bonds. The number of hydrogen-bond acceptors (Lipinski definition) is 5. The van der Waals surface area contributed by atoms with Crippen LogP contribution in [0.15, 0.2) is 53.5 Å². The lowest BCUT2D eigenvalue weighted by atomic mass is 10.1. The van der Waals surface area contributed by atoms with Crippen molar-refractivity contribution in [3.63, 3.8) is 0 Å². The van der Waals surface area contributed by atoms with Crippen LogP contribution in [0.5, 0.6) is 11.5 Å². The van der Waals surface area contributed by atoms with Crippen molar-refractivity contribution in [1.82, 2.24) is 4.90 Å². The van der Waals surface area contributed by atoms with E-state index in [1.54, 1.807) is 0 Å². The highest BCUT2D eigenvalue weighted by molar-refractivity contribution is 5.92. The molecular weight excluding hydrogens is 404 g/mol. The molecule has 3 N–H and O–H groups in total. The quantitative estimate of drug-likeness (QED) is 0.431. The first-order valence-electron chi connectivity index (χ1n) is 11.3. The number of guanidine groups is 1. The molecule has 0 bridgehead atoms. The van der Waals surface area contributed by atoms with Gasteiger partial charge in [0.05, 0.1) is 12.6 Å². The molecule has 174 valence electrons. The fourth-order valence-corrected chi connectivity index (χ4v) is 3.60. The van der Waals surface area contributed by atoms with E-state index in [1.807, 2.05) is 62.4 Å². The number of rotatable bonds is 10. The van der Waals surface area contributed by atoms with E-state index < -0.39 is 0 Å². The van der Waals surface area contributed by atoms with Crippen molar-refractivity contribution < 1.29 is 14.2 Å². The summed E-state index contributed by atoms with van der Waals surface area (Å²) in [5.74, 6) is 2.05. The number of likely N-dealkylation sites (N-methyl/N-ethyl adjacent to an activating group) is 1. The Labute approximate surface area is 191 Å². The molecule has 0 aromatic heterocycles. The van der Waals surface area contributed by atoms with Crippen LogP contribution in [-0.2, 0) is 11.3 Å². The summed E-state index contributed by atoms with van der Waals surface area (Å²) in [7, 11) is 2.16. The predicted octanol–water partition coefficient (Wildman–Crippen LogP) is 3.89. The highest BCUT2D eigenvalue weighted by Gasteiger charge is 2.17. The van der Waals surface area contributed by atoms with Gasteiger partial charge in [0.2, 0.25) is 0 Å². The van der Waals surface area contributed by atoms with Gasteiger partial charge in [0.15, 0.2) is 5.96 Å². The Morgan fingerprint density at radius 1 is 1.16 bits per heavy atom. The van der Waals surface area contributed by atoms with Gasteiger partial charge < -0.3 is 25.3 Å². The summed E-state index contributed by atoms with van der Waals surface area (Å²) in [5, 5.41) is 3.11. The lowest BCUT2D eigenvalue weighted by Crippen LogP contribution is -2.38. The van der Waals surface area contributed by atoms with Gasteiger partial charge in [0.1, 0.15) is 18.1 Å². The zero-order valence-corrected chi connectivity index (χ0v) is 19.4. The molecule has 0 atom stereocenters. The van der Waals surface area contributed by atoms with Crippen molar-refractivity contribution in [1.29, 1.82) is 0 Å². The van der Waals surface area contributed by atoms with Crippen LogP contribution < -0.4 is 20.5 Å². The molecule has 7 nitrogen and oxygen atoms in total. The van der Waals surface area contributed by atoms with Gasteiger partial charge in [-0.05, 0) is 75.7 Å². The van der Waals surface area contributed by atoms with Crippen molar-refractivity contribution >= 4 is 11.6 Å². The van der Waals surface area contributed by atoms with Crippen molar-refractivity contribution in [3.05, 3.63) is 54.1 Å². The zero-order valence-electron chi connectivity index (χ0n) is 19.4. The van der Waals surface area contributed by atoms with Crippen molar-refractivity contribution in [2.24, 2.45) is 10.7 Å². The molecule has 7 heteroatoms. The maximum atomic E-state index is 6.06. The summed E-state index contributed by atoms with van der Waals surface area (Å²) >= 11 is 0. The topological polar surface area (TPSA) is 81.3 Å². The minimum absolute atomic E-state index is 0.146. The van der Waals surface area contributed by atoms with Crippen LogP contribution >= 0.6 is 0 Å². The second-order valence-electron chi connectivity index (χ2n) is 8.34. The molecule has 3 rings (SSSR count). The van der Waals surface area contributed by atoms with E-state index >= 15 is 0 Å². The van der Waals surface area contributed by atoms with E-state index in [0.717, 1.165) is 55.4 Å². The number of nitrogens with zero attached hydrogens (tertiary/aromatic N) is 2. The average Bonchev–Trinajstić information content (AvgIpc) is 2.79. The standard InChI is InChI=1S/C25H36N4O3/c1-19(2)32-23-9-7-21(8-10-23)28-25(26)27-18-20-5-4-6-24(17-20)31-16-13-29(3)22-11-14-30-15-12-22/h4-10,17,19,22H,11-16,18H2,1-3H3,(H3,26,27,28). The smallest absolute Gasteiger partial charge is 0.193 e. The Hall–Kier alpha value is -2.77. The third-order valence-corrected chi connectivity index (χ3v) is 5.36. The van der Waals surface area contributed by atoms with Crippen LogP contribution in [0.4, 0.5) is 5.69 Å². The normalized spacial score (nSPS) is 15.2. The maximum absolute atomic E-state index is 6.06. The van der Waals surface area contributed by atoms with Crippen LogP contribution in [0.25, 0.3) is 0 Å². The first-order chi connectivity index (χ1) is 15.5. The van der Waals surface area contributed by atoms with Crippen LogP contribution in [0.2, 0.25) is 0 Å². The second-order valence-corrected chi connectivity index (χ2v) is 8.34. The Kier molecular flexibility index (Phi) is 9.19. The summed E-state index contributed by atoms with van der Waals surface area (Å²) < 4.78 is 17.1. The van der Waals surface area contributed by atoms with E-state index in [2.05, 4.69) is 22.3 Å². The van der Waals surface area contributed by atoms with Gasteiger partial charge in [0, 0.05) is 31.5 Å². The third kappa shape index (κ3) is 8.05. The molecule has 0 spiro atoms. The van der Waals surface area contributed by atoms with E-state index in [0.29, 0.717) is 25.2 Å². The van der Waals surface area contributed by atoms with Gasteiger partial charge in [0.25, 0.3) is 0 Å². The third-order valence-electron chi connectivity index (χ3n) is 5.36. The molecule has 2 aromatic carbocycles. The average molecular weight is 441 g/mol. The Bertz CT molecular complexity index is 849. The first-order valence-corrected chi connectivity index (χ1v) is 11.3. The van der Waals surface area contributed by atoms with Crippen molar-refractivity contribution in [2.75, 3.05) is 38.7 Å². The van der Waals surface area contributed by atoms with Gasteiger partial charge in [-0.1, -0.05) is 12.1 Å². The summed E-state index contributed by atoms with van der Waals surface area (Å²) in [6.07, 6.45) is 2.33. The number of aliphatic imine (C=N–C) groups is 1. The molecule has 0 aliphatic carbocycles. The molecule has 1 saturated heterocycles. The number of hydrogen-bond donors (Lipinski definition) is 2. The van der Waals surface area contributed by atoms with Crippen molar-refractivity contribution in [2.45, 2.75) is 45.4 Å². The van der Waals surface area contributed by atoms with E-state index in [4.69, 9.17) is 19.9 Å². The summed E-state index contributed by atoms with van der Waals surface area (Å²) in [5.41, 5.74) is 7.97. The number of nitrogens with two attached hydrogens (primary N) is 1. The second kappa shape index (κ2) is 12.3. The van der Waals surface area contributed by atoms with Gasteiger partial charge in [-0.25, -0.2) is 4.99 Å². The largest absolute Gasteiger partial charge is 0.492 e. The lowest BCUT2D eigenvalue weighted by molar-refractivity contribution is 0.0392. The van der Waals surface area contributed by atoms with Gasteiger partial charge >= 0.3 is 0 Å². The number of ether oxygens (including phenoxy) is 3. The van der Waals surface area contributed by atoms with E-state index in [-0.39, 0.29) is 6.10 Å². The molecule has 1 heterocycles. The summed E-state index contributed by atoms with van der Waals surface area (Å²) in [6, 6.07) is 16.3. The molecule has 1 aliphatic heterocycles. The molecule has 32 heavy (non-hydrogen) atoms. The van der Waals surface area contributed by atoms with Crippen molar-refractivity contribution in [3.8, 4) is 11.5 Å². The fraction of sp³-hybridized carbons (Fsp3) is 0.480. The molecule has 1 aliphatic rings. The highest BCUT2D eigenvalue weighted by atomic mass is 16.5. The molecule has 0 radical (unpaired) electrons. The number of anilines is 1. The van der Waals surface area contributed by atoms with Crippen LogP contribution in [0.3, 0.4) is 0 Å². The fourth-order valence-electron chi connectivity index (χ4n) is 3.60. The highest BCUT2D eigenvalue weighted by Crippen LogP contribution is 2.18. The molecule has 1 fully saturated rings. The Morgan fingerprint density at radius 2 is 1.91 bits per heavy atom. The SMILES string of the molecule is CC(C)Oc1ccc(NC(N)=NCc2cccc(OCCN(C)C3CCOCC3)c2)cc1. The monoisotopic (exact) mass is 440 g/mol. The minimum atomic E-state index is 0.146. The predicted molar refractivity (Wildman–Crippen MR) is 130 cm³/mol. The summed E-state index contributed by atoms with van der Waals surface area (Å²) in [6.45, 7) is 7.74. The Balaban J connectivity index is 1.44. The first kappa shape index (κ1) is 23.9. The molecular formula is C25H36N4O3. The van der Waals surface area contributed by atoms with Gasteiger partial charge in [-0.15, -0.1) is 0 Å². The lowest BCUT2D eigenvalue weighted by Gasteiger charge is -2.31. The minimum Gasteiger partial charge on any atom is -0.492 e. The van der Waals surface area contributed by atoms with Gasteiger partial charge in [-0.3, -0.25) is 4.90 Å². The number of nitrogens with one attached hydrogen (secondary N) is 1. The van der Waals surface area contributed by atoms with Crippen LogP contribution in [0, 0.1) is 0 Å². The van der Waals surface area contributed by atoms with Crippen LogP contribution in [-0.4, -0.2) is 56.4 Å². The summed E-state index contributed by atoms with van der Waals surface area (Å²) in [4.78, 5) is 6.81. The Morgan fingerprint density at radius 3 is 2.62 bits per heavy atom. The maximum Gasteiger partial charge on any atom is 0.193 e. The van der Waals surface area contributed by atoms with E-state index in [1.165, 1.54) is 0 Å². The van der Waals surface area contributed by atoms with Gasteiger partial charge in [-0.2, -0.15) is 0 Å². The number of benzene rings is 2. The molecule has 0 saturated carbocycles. The zero-order chi connectivity index (χ0) is 22.8. The van der Waals surface area contributed by atoms with E-state index in [9.17, 15) is 0 Å². The van der Waals surface area contributed by atoms with Crippen LogP contribution in [0.1, 0.15) is 32.3 Å². The molecule has 2 aromatic rings.